The van der Waals surface area contributed by atoms with Crippen LogP contribution >= 0.6 is 0 Å². The van der Waals surface area contributed by atoms with Crippen LogP contribution in [-0.4, -0.2) is 24.0 Å². The normalized spacial score (nSPS) is 12.5. The molecule has 0 fully saturated rings. The topological polar surface area (TPSA) is 3.24 Å². The summed E-state index contributed by atoms with van der Waals surface area (Å²) in [7, 11) is 0. The molecule has 0 aliphatic rings. The van der Waals surface area contributed by atoms with Gasteiger partial charge in [0.2, 0.25) is 0 Å². The van der Waals surface area contributed by atoms with Crippen molar-refractivity contribution >= 4 is 0 Å². The Morgan fingerprint density at radius 2 is 1.55 bits per heavy atom. The average Bonchev–Trinajstić information content (AvgIpc) is 1.89. The Bertz CT molecular complexity index is 100. The SMILES string of the molecule is CCCC(F)(F)N(CC)CC. The fourth-order valence-electron chi connectivity index (χ4n) is 1.15. The first kappa shape index (κ1) is 10.8. The monoisotopic (exact) mass is 165 g/mol. The quantitative estimate of drug-likeness (QED) is 0.566. The number of alkyl halides is 2. The molecule has 0 heterocycles. The highest BCUT2D eigenvalue weighted by atomic mass is 19.3. The zero-order valence-electron chi connectivity index (χ0n) is 7.53. The molecule has 0 aliphatic carbocycles. The van der Waals surface area contributed by atoms with E-state index in [9.17, 15) is 8.78 Å². The van der Waals surface area contributed by atoms with E-state index >= 15 is 0 Å². The van der Waals surface area contributed by atoms with Gasteiger partial charge in [-0.25, -0.2) is 4.90 Å². The number of rotatable bonds is 5. The summed E-state index contributed by atoms with van der Waals surface area (Å²) in [5.41, 5.74) is 0. The number of halogens is 2. The standard InChI is InChI=1S/C8H17F2N/c1-4-7-8(9,10)11(5-2)6-3/h4-7H2,1-3H3. The third-order valence-corrected chi connectivity index (χ3v) is 1.78. The van der Waals surface area contributed by atoms with Crippen molar-refractivity contribution < 1.29 is 8.78 Å². The van der Waals surface area contributed by atoms with E-state index in [1.54, 1.807) is 20.8 Å². The lowest BCUT2D eigenvalue weighted by Crippen LogP contribution is -2.41. The van der Waals surface area contributed by atoms with E-state index in [1.165, 1.54) is 4.90 Å². The molecular formula is C8H17F2N. The Hall–Kier alpha value is -0.180. The van der Waals surface area contributed by atoms with Crippen LogP contribution in [0.15, 0.2) is 0 Å². The van der Waals surface area contributed by atoms with Gasteiger partial charge in [-0.2, -0.15) is 8.78 Å². The summed E-state index contributed by atoms with van der Waals surface area (Å²) in [6.45, 7) is 6.13. The average molecular weight is 165 g/mol. The maximum absolute atomic E-state index is 13.0. The maximum atomic E-state index is 13.0. The van der Waals surface area contributed by atoms with Gasteiger partial charge in [-0.3, -0.25) is 0 Å². The molecule has 0 spiro atoms. The lowest BCUT2D eigenvalue weighted by atomic mass is 10.2. The van der Waals surface area contributed by atoms with Gasteiger partial charge in [-0.05, 0) is 6.42 Å². The van der Waals surface area contributed by atoms with Crippen molar-refractivity contribution in [1.82, 2.24) is 4.90 Å². The molecule has 11 heavy (non-hydrogen) atoms. The van der Waals surface area contributed by atoms with Crippen LogP contribution < -0.4 is 0 Å². The van der Waals surface area contributed by atoms with Crippen molar-refractivity contribution in [3.05, 3.63) is 0 Å². The number of nitrogens with zero attached hydrogens (tertiary/aromatic N) is 1. The second-order valence-corrected chi connectivity index (χ2v) is 2.59. The molecule has 0 bridgehead atoms. The lowest BCUT2D eigenvalue weighted by Gasteiger charge is -2.28. The minimum Gasteiger partial charge on any atom is -0.245 e. The minimum absolute atomic E-state index is 0.0331. The summed E-state index contributed by atoms with van der Waals surface area (Å²) < 4.78 is 26.0. The predicted octanol–water partition coefficient (Wildman–Crippen LogP) is 2.72. The van der Waals surface area contributed by atoms with Gasteiger partial charge in [-0.1, -0.05) is 20.8 Å². The van der Waals surface area contributed by atoms with Crippen LogP contribution in [0.3, 0.4) is 0 Å². The molecule has 0 aromatic carbocycles. The molecule has 0 radical (unpaired) electrons. The minimum atomic E-state index is -2.60. The molecule has 0 N–H and O–H groups in total. The fraction of sp³-hybridized carbons (Fsp3) is 1.00. The Morgan fingerprint density at radius 3 is 1.82 bits per heavy atom. The molecule has 0 saturated carbocycles. The Kier molecular flexibility index (Phi) is 4.57. The molecule has 1 nitrogen and oxygen atoms in total. The van der Waals surface area contributed by atoms with E-state index in [0.29, 0.717) is 19.5 Å². The van der Waals surface area contributed by atoms with Gasteiger partial charge in [0, 0.05) is 19.5 Å². The van der Waals surface area contributed by atoms with Crippen molar-refractivity contribution in [3.8, 4) is 0 Å². The molecular weight excluding hydrogens is 148 g/mol. The summed E-state index contributed by atoms with van der Waals surface area (Å²) in [5.74, 6) is 0. The van der Waals surface area contributed by atoms with Crippen molar-refractivity contribution in [2.24, 2.45) is 0 Å². The zero-order chi connectivity index (χ0) is 8.91. The second kappa shape index (κ2) is 4.65. The van der Waals surface area contributed by atoms with Crippen LogP contribution in [0.1, 0.15) is 33.6 Å². The van der Waals surface area contributed by atoms with E-state index in [-0.39, 0.29) is 6.42 Å². The summed E-state index contributed by atoms with van der Waals surface area (Å²) in [5, 5.41) is 0. The van der Waals surface area contributed by atoms with Gasteiger partial charge >= 0.3 is 6.05 Å². The Balaban J connectivity index is 4.00. The van der Waals surface area contributed by atoms with Crippen molar-refractivity contribution in [3.63, 3.8) is 0 Å². The summed E-state index contributed by atoms with van der Waals surface area (Å²) >= 11 is 0. The third kappa shape index (κ3) is 3.14. The van der Waals surface area contributed by atoms with Crippen LogP contribution in [0.4, 0.5) is 8.78 Å². The van der Waals surface area contributed by atoms with E-state index < -0.39 is 6.05 Å². The van der Waals surface area contributed by atoms with Crippen molar-refractivity contribution in [2.45, 2.75) is 39.7 Å². The van der Waals surface area contributed by atoms with E-state index in [4.69, 9.17) is 0 Å². The van der Waals surface area contributed by atoms with E-state index in [1.807, 2.05) is 0 Å². The Labute approximate surface area is 67.4 Å². The molecule has 3 heteroatoms. The Morgan fingerprint density at radius 1 is 1.09 bits per heavy atom. The summed E-state index contributed by atoms with van der Waals surface area (Å²) in [6.07, 6.45) is 0.498. The van der Waals surface area contributed by atoms with Gasteiger partial charge in [0.25, 0.3) is 0 Å². The first-order valence-electron chi connectivity index (χ1n) is 4.21. The highest BCUT2D eigenvalue weighted by Gasteiger charge is 2.33. The summed E-state index contributed by atoms with van der Waals surface area (Å²) in [6, 6.07) is -2.60. The third-order valence-electron chi connectivity index (χ3n) is 1.78. The highest BCUT2D eigenvalue weighted by Crippen LogP contribution is 2.24. The van der Waals surface area contributed by atoms with Crippen LogP contribution in [0, 0.1) is 0 Å². The van der Waals surface area contributed by atoms with Crippen LogP contribution in [0.25, 0.3) is 0 Å². The number of hydrogen-bond acceptors (Lipinski definition) is 1. The summed E-state index contributed by atoms with van der Waals surface area (Å²) in [4.78, 5) is 1.19. The van der Waals surface area contributed by atoms with Gasteiger partial charge in [0.1, 0.15) is 0 Å². The first-order valence-corrected chi connectivity index (χ1v) is 4.21. The molecule has 68 valence electrons. The molecule has 0 aromatic rings. The van der Waals surface area contributed by atoms with Crippen molar-refractivity contribution in [2.75, 3.05) is 13.1 Å². The van der Waals surface area contributed by atoms with Gasteiger partial charge in [-0.15, -0.1) is 0 Å². The van der Waals surface area contributed by atoms with Gasteiger partial charge in [0.05, 0.1) is 0 Å². The second-order valence-electron chi connectivity index (χ2n) is 2.59. The molecule has 0 saturated heterocycles. The van der Waals surface area contributed by atoms with Gasteiger partial charge < -0.3 is 0 Å². The van der Waals surface area contributed by atoms with Crippen molar-refractivity contribution in [1.29, 1.82) is 0 Å². The maximum Gasteiger partial charge on any atom is 0.304 e. The molecule has 0 aromatic heterocycles. The highest BCUT2D eigenvalue weighted by molar-refractivity contribution is 4.65. The van der Waals surface area contributed by atoms with Crippen LogP contribution in [-0.2, 0) is 0 Å². The lowest BCUT2D eigenvalue weighted by molar-refractivity contribution is -0.147. The molecule has 0 unspecified atom stereocenters. The molecule has 0 rings (SSSR count). The number of hydrogen-bond donors (Lipinski definition) is 0. The molecule has 0 aliphatic heterocycles. The molecule has 0 amide bonds. The largest absolute Gasteiger partial charge is 0.304 e. The fourth-order valence-corrected chi connectivity index (χ4v) is 1.15. The predicted molar refractivity (Wildman–Crippen MR) is 42.8 cm³/mol. The smallest absolute Gasteiger partial charge is 0.245 e. The van der Waals surface area contributed by atoms with Crippen LogP contribution in [0.2, 0.25) is 0 Å². The van der Waals surface area contributed by atoms with Gasteiger partial charge in [0.15, 0.2) is 0 Å². The molecule has 0 atom stereocenters. The zero-order valence-corrected chi connectivity index (χ0v) is 7.53. The first-order chi connectivity index (χ1) is 5.08. The van der Waals surface area contributed by atoms with Crippen LogP contribution in [0.5, 0.6) is 0 Å². The van der Waals surface area contributed by atoms with E-state index in [2.05, 4.69) is 0 Å². The van der Waals surface area contributed by atoms with E-state index in [0.717, 1.165) is 0 Å².